The van der Waals surface area contributed by atoms with Crippen LogP contribution in [0.3, 0.4) is 0 Å². The number of amides is 1. The lowest BCUT2D eigenvalue weighted by molar-refractivity contribution is -0.118. The molecule has 0 aromatic heterocycles. The molecule has 156 valence electrons. The molecule has 0 saturated carbocycles. The van der Waals surface area contributed by atoms with E-state index in [0.29, 0.717) is 17.1 Å². The Kier molecular flexibility index (Phi) is 6.53. The molecule has 7 nitrogen and oxygen atoms in total. The van der Waals surface area contributed by atoms with Crippen molar-refractivity contribution < 1.29 is 27.1 Å². The minimum atomic E-state index is -3.82. The third kappa shape index (κ3) is 5.48. The molecule has 0 spiro atoms. The zero-order valence-electron chi connectivity index (χ0n) is 16.0. The van der Waals surface area contributed by atoms with Crippen molar-refractivity contribution in [3.63, 3.8) is 0 Å². The Hall–Kier alpha value is -3.59. The molecule has 1 amide bonds. The Balaban J connectivity index is 1.61. The number of benzene rings is 3. The van der Waals surface area contributed by atoms with E-state index in [0.717, 1.165) is 0 Å². The number of sulfonamides is 1. The fourth-order valence-electron chi connectivity index (χ4n) is 2.52. The van der Waals surface area contributed by atoms with Crippen LogP contribution in [0.4, 0.5) is 15.8 Å². The number of carbonyl (C=O) groups is 1. The number of anilines is 2. The minimum absolute atomic E-state index is 0.0194. The molecule has 0 bridgehead atoms. The van der Waals surface area contributed by atoms with Crippen molar-refractivity contribution >= 4 is 27.3 Å². The summed E-state index contributed by atoms with van der Waals surface area (Å²) in [4.78, 5) is 12.0. The summed E-state index contributed by atoms with van der Waals surface area (Å²) in [5, 5.41) is 2.56. The number of carbonyl (C=O) groups excluding carboxylic acids is 1. The van der Waals surface area contributed by atoms with Gasteiger partial charge in [-0.2, -0.15) is 0 Å². The van der Waals surface area contributed by atoms with Crippen molar-refractivity contribution in [2.75, 3.05) is 23.8 Å². The Bertz CT molecular complexity index is 1130. The van der Waals surface area contributed by atoms with Crippen molar-refractivity contribution in [1.82, 2.24) is 0 Å². The minimum Gasteiger partial charge on any atom is -0.497 e. The van der Waals surface area contributed by atoms with Gasteiger partial charge in [0.05, 0.1) is 17.7 Å². The molecule has 2 N–H and O–H groups in total. The van der Waals surface area contributed by atoms with Crippen LogP contribution in [-0.2, 0) is 14.8 Å². The lowest BCUT2D eigenvalue weighted by Crippen LogP contribution is -2.20. The summed E-state index contributed by atoms with van der Waals surface area (Å²) >= 11 is 0. The van der Waals surface area contributed by atoms with Crippen molar-refractivity contribution in [2.45, 2.75) is 4.90 Å². The number of hydrogen-bond acceptors (Lipinski definition) is 5. The first kappa shape index (κ1) is 21.1. The highest BCUT2D eigenvalue weighted by molar-refractivity contribution is 7.92. The highest BCUT2D eigenvalue weighted by atomic mass is 32.2. The average molecular weight is 430 g/mol. The number of para-hydroxylation sites is 1. The molecular formula is C21H19FN2O5S. The van der Waals surface area contributed by atoms with Crippen molar-refractivity contribution in [3.8, 4) is 11.5 Å². The molecule has 0 saturated heterocycles. The zero-order chi connectivity index (χ0) is 21.6. The van der Waals surface area contributed by atoms with Gasteiger partial charge < -0.3 is 14.8 Å². The fourth-order valence-corrected chi connectivity index (χ4v) is 3.57. The second-order valence-corrected chi connectivity index (χ2v) is 7.81. The van der Waals surface area contributed by atoms with Gasteiger partial charge in [0, 0.05) is 11.8 Å². The molecular weight excluding hydrogens is 411 g/mol. The molecule has 0 aliphatic heterocycles. The molecule has 0 aliphatic rings. The maximum absolute atomic E-state index is 13.5. The zero-order valence-corrected chi connectivity index (χ0v) is 16.8. The molecule has 0 heterocycles. The topological polar surface area (TPSA) is 93.7 Å². The van der Waals surface area contributed by atoms with Gasteiger partial charge in [0.2, 0.25) is 0 Å². The molecule has 0 fully saturated rings. The van der Waals surface area contributed by atoms with Crippen LogP contribution in [0.15, 0.2) is 77.7 Å². The lowest BCUT2D eigenvalue weighted by Gasteiger charge is -2.11. The van der Waals surface area contributed by atoms with Gasteiger partial charge in [-0.3, -0.25) is 9.52 Å². The van der Waals surface area contributed by atoms with E-state index in [-0.39, 0.29) is 10.6 Å². The van der Waals surface area contributed by atoms with E-state index in [4.69, 9.17) is 9.47 Å². The molecule has 3 rings (SSSR count). The second-order valence-electron chi connectivity index (χ2n) is 6.13. The normalized spacial score (nSPS) is 10.9. The summed E-state index contributed by atoms with van der Waals surface area (Å²) in [6.45, 7) is -0.390. The van der Waals surface area contributed by atoms with Crippen LogP contribution in [0.25, 0.3) is 0 Å². The van der Waals surface area contributed by atoms with Gasteiger partial charge in [0.1, 0.15) is 5.75 Å². The summed E-state index contributed by atoms with van der Waals surface area (Å²) in [7, 11) is -2.33. The smallest absolute Gasteiger partial charge is 0.262 e. The van der Waals surface area contributed by atoms with E-state index >= 15 is 0 Å². The molecule has 0 aliphatic carbocycles. The van der Waals surface area contributed by atoms with Crippen LogP contribution in [0.5, 0.6) is 11.5 Å². The van der Waals surface area contributed by atoms with Crippen molar-refractivity contribution in [1.29, 1.82) is 0 Å². The maximum Gasteiger partial charge on any atom is 0.262 e. The van der Waals surface area contributed by atoms with Crippen molar-refractivity contribution in [2.24, 2.45) is 0 Å². The average Bonchev–Trinajstić information content (AvgIpc) is 2.73. The predicted octanol–water partition coefficient (Wildman–Crippen LogP) is 3.65. The van der Waals surface area contributed by atoms with E-state index in [1.54, 1.807) is 30.3 Å². The van der Waals surface area contributed by atoms with Gasteiger partial charge in [-0.15, -0.1) is 0 Å². The lowest BCUT2D eigenvalue weighted by atomic mass is 10.3. The summed E-state index contributed by atoms with van der Waals surface area (Å²) < 4.78 is 51.2. The summed E-state index contributed by atoms with van der Waals surface area (Å²) in [5.74, 6) is -0.588. The molecule has 0 unspecified atom stereocenters. The number of ether oxygens (including phenoxy) is 2. The van der Waals surface area contributed by atoms with Crippen LogP contribution < -0.4 is 19.5 Å². The van der Waals surface area contributed by atoms with Gasteiger partial charge in [-0.05, 0) is 48.5 Å². The Morgan fingerprint density at radius 2 is 1.70 bits per heavy atom. The number of hydrogen-bond donors (Lipinski definition) is 2. The van der Waals surface area contributed by atoms with Crippen molar-refractivity contribution in [3.05, 3.63) is 78.6 Å². The molecule has 3 aromatic carbocycles. The van der Waals surface area contributed by atoms with E-state index in [9.17, 15) is 17.6 Å². The van der Waals surface area contributed by atoms with Gasteiger partial charge in [-0.25, -0.2) is 12.8 Å². The second kappa shape index (κ2) is 9.27. The van der Waals surface area contributed by atoms with Crippen LogP contribution in [-0.4, -0.2) is 28.0 Å². The summed E-state index contributed by atoms with van der Waals surface area (Å²) in [6, 6.07) is 17.9. The van der Waals surface area contributed by atoms with E-state index < -0.39 is 28.4 Å². The largest absolute Gasteiger partial charge is 0.497 e. The van der Waals surface area contributed by atoms with E-state index in [2.05, 4.69) is 10.0 Å². The fraction of sp³-hybridized carbons (Fsp3) is 0.0952. The monoisotopic (exact) mass is 430 g/mol. The third-order valence-electron chi connectivity index (χ3n) is 3.97. The Morgan fingerprint density at radius 3 is 2.40 bits per heavy atom. The van der Waals surface area contributed by atoms with Gasteiger partial charge in [0.25, 0.3) is 15.9 Å². The summed E-state index contributed by atoms with van der Waals surface area (Å²) in [5.41, 5.74) is 0.731. The highest BCUT2D eigenvalue weighted by Crippen LogP contribution is 2.22. The Labute approximate surface area is 173 Å². The predicted molar refractivity (Wildman–Crippen MR) is 111 cm³/mol. The number of rotatable bonds is 8. The first-order valence-corrected chi connectivity index (χ1v) is 10.3. The quantitative estimate of drug-likeness (QED) is 0.569. The van der Waals surface area contributed by atoms with Gasteiger partial charge in [-0.1, -0.05) is 18.2 Å². The highest BCUT2D eigenvalue weighted by Gasteiger charge is 2.15. The first-order valence-electron chi connectivity index (χ1n) is 8.81. The van der Waals surface area contributed by atoms with Crippen LogP contribution >= 0.6 is 0 Å². The maximum atomic E-state index is 13.5. The van der Waals surface area contributed by atoms with E-state index in [1.165, 1.54) is 49.6 Å². The van der Waals surface area contributed by atoms with E-state index in [1.807, 2.05) is 0 Å². The Morgan fingerprint density at radius 1 is 0.967 bits per heavy atom. The first-order chi connectivity index (χ1) is 14.4. The number of methoxy groups -OCH3 is 1. The number of nitrogens with one attached hydrogen (secondary N) is 2. The molecule has 0 atom stereocenters. The van der Waals surface area contributed by atoms with Crippen LogP contribution in [0.2, 0.25) is 0 Å². The molecule has 0 radical (unpaired) electrons. The standard InChI is InChI=1S/C21H19FN2O5S/c1-28-17-6-4-5-16(13-17)24-30(26,27)18-11-9-15(10-12-18)23-21(25)14-29-20-8-3-2-7-19(20)22/h2-13,24H,14H2,1H3,(H,23,25). The van der Waals surface area contributed by atoms with Gasteiger partial charge >= 0.3 is 0 Å². The summed E-state index contributed by atoms with van der Waals surface area (Å²) in [6.07, 6.45) is 0. The molecule has 3 aromatic rings. The SMILES string of the molecule is COc1cccc(NS(=O)(=O)c2ccc(NC(=O)COc3ccccc3F)cc2)c1. The van der Waals surface area contributed by atoms with Crippen LogP contribution in [0, 0.1) is 5.82 Å². The third-order valence-corrected chi connectivity index (χ3v) is 5.36. The number of halogens is 1. The van der Waals surface area contributed by atoms with Gasteiger partial charge in [0.15, 0.2) is 18.2 Å². The van der Waals surface area contributed by atoms with Crippen LogP contribution in [0.1, 0.15) is 0 Å². The molecule has 30 heavy (non-hydrogen) atoms. The molecule has 9 heteroatoms.